The number of carbonyl (C=O) groups is 1. The second-order valence-corrected chi connectivity index (χ2v) is 4.21. The van der Waals surface area contributed by atoms with Crippen molar-refractivity contribution in [2.24, 2.45) is 0 Å². The number of carbonyl (C=O) groups excluding carboxylic acids is 1. The maximum Gasteiger partial charge on any atom is 0.573 e. The fourth-order valence-electron chi connectivity index (χ4n) is 0.956. The van der Waals surface area contributed by atoms with Gasteiger partial charge in [-0.3, -0.25) is 4.79 Å². The Morgan fingerprint density at radius 1 is 1.56 bits per heavy atom. The first-order valence-corrected chi connectivity index (χ1v) is 6.03. The molecular weight excluding hydrogens is 406 g/mol. The largest absolute Gasteiger partial charge is 0.573 e. The highest BCUT2D eigenvalue weighted by atomic mass is 127. The molecule has 0 spiro atoms. The first-order chi connectivity index (χ1) is 7.37. The number of hydrogen-bond donors (Lipinski definition) is 0. The fourth-order valence-corrected chi connectivity index (χ4v) is 2.11. The lowest BCUT2D eigenvalue weighted by Gasteiger charge is -2.13. The molecular formula is C8H4BrF3INO2. The first-order valence-electron chi connectivity index (χ1n) is 3.83. The Morgan fingerprint density at radius 3 is 2.62 bits per heavy atom. The minimum atomic E-state index is -4.78. The summed E-state index contributed by atoms with van der Waals surface area (Å²) >= 11 is 4.60. The average Bonchev–Trinajstić information content (AvgIpc) is 2.19. The molecule has 8 heteroatoms. The summed E-state index contributed by atoms with van der Waals surface area (Å²) in [4.78, 5) is 14.1. The molecule has 0 aliphatic carbocycles. The molecule has 0 aliphatic rings. The SMILES string of the molecule is O=Cc1cc(CBr)c(OC(F)(F)F)c(I)n1. The van der Waals surface area contributed by atoms with Crippen LogP contribution < -0.4 is 4.74 Å². The Kier molecular flexibility index (Phi) is 4.53. The summed E-state index contributed by atoms with van der Waals surface area (Å²) in [5.74, 6) is -0.379. The van der Waals surface area contributed by atoms with E-state index in [0.29, 0.717) is 6.29 Å². The summed E-state index contributed by atoms with van der Waals surface area (Å²) < 4.78 is 40.1. The maximum atomic E-state index is 12.1. The molecule has 0 saturated carbocycles. The van der Waals surface area contributed by atoms with E-state index in [1.54, 1.807) is 22.6 Å². The highest BCUT2D eigenvalue weighted by molar-refractivity contribution is 14.1. The number of hydrogen-bond acceptors (Lipinski definition) is 3. The van der Waals surface area contributed by atoms with Gasteiger partial charge in [0, 0.05) is 10.9 Å². The Hall–Kier alpha value is -0.380. The van der Waals surface area contributed by atoms with Gasteiger partial charge in [0.15, 0.2) is 12.0 Å². The molecule has 0 atom stereocenters. The van der Waals surface area contributed by atoms with Crippen molar-refractivity contribution in [2.45, 2.75) is 11.7 Å². The minimum Gasteiger partial charge on any atom is -0.403 e. The molecule has 0 saturated heterocycles. The third-order valence-electron chi connectivity index (χ3n) is 1.51. The van der Waals surface area contributed by atoms with Gasteiger partial charge < -0.3 is 4.74 Å². The van der Waals surface area contributed by atoms with Gasteiger partial charge in [0.25, 0.3) is 0 Å². The number of aldehydes is 1. The summed E-state index contributed by atoms with van der Waals surface area (Å²) in [5.41, 5.74) is 0.284. The molecule has 0 bridgehead atoms. The molecule has 1 aromatic rings. The van der Waals surface area contributed by atoms with E-state index in [9.17, 15) is 18.0 Å². The molecule has 16 heavy (non-hydrogen) atoms. The molecule has 0 N–H and O–H groups in total. The third-order valence-corrected chi connectivity index (χ3v) is 2.85. The van der Waals surface area contributed by atoms with Crippen LogP contribution >= 0.6 is 38.5 Å². The van der Waals surface area contributed by atoms with Crippen molar-refractivity contribution in [3.8, 4) is 5.75 Å². The summed E-state index contributed by atoms with van der Waals surface area (Å²) in [6.07, 6.45) is -4.31. The van der Waals surface area contributed by atoms with Gasteiger partial charge in [0.1, 0.15) is 9.39 Å². The van der Waals surface area contributed by atoms with Crippen molar-refractivity contribution >= 4 is 44.8 Å². The van der Waals surface area contributed by atoms with Crippen LogP contribution in [0.4, 0.5) is 13.2 Å². The quantitative estimate of drug-likeness (QED) is 0.333. The first kappa shape index (κ1) is 13.7. The lowest BCUT2D eigenvalue weighted by atomic mass is 10.2. The molecule has 1 heterocycles. The molecule has 0 aliphatic heterocycles. The Labute approximate surface area is 111 Å². The monoisotopic (exact) mass is 409 g/mol. The Balaban J connectivity index is 3.21. The maximum absolute atomic E-state index is 12.1. The van der Waals surface area contributed by atoms with E-state index in [4.69, 9.17) is 0 Å². The van der Waals surface area contributed by atoms with Crippen LogP contribution in [0.25, 0.3) is 0 Å². The summed E-state index contributed by atoms with van der Waals surface area (Å²) in [6.45, 7) is 0. The van der Waals surface area contributed by atoms with Gasteiger partial charge in [0.05, 0.1) is 0 Å². The van der Waals surface area contributed by atoms with Gasteiger partial charge in [-0.15, -0.1) is 13.2 Å². The molecule has 88 valence electrons. The molecule has 1 rings (SSSR count). The predicted molar refractivity (Wildman–Crippen MR) is 61.7 cm³/mol. The number of aromatic nitrogens is 1. The number of rotatable bonds is 3. The summed E-state index contributed by atoms with van der Waals surface area (Å²) in [5, 5.41) is 0.137. The van der Waals surface area contributed by atoms with E-state index in [1.165, 1.54) is 6.07 Å². The van der Waals surface area contributed by atoms with Gasteiger partial charge in [-0.25, -0.2) is 4.98 Å². The van der Waals surface area contributed by atoms with E-state index in [-0.39, 0.29) is 26.0 Å². The molecule has 1 aromatic heterocycles. The highest BCUT2D eigenvalue weighted by Gasteiger charge is 2.33. The van der Waals surface area contributed by atoms with Crippen LogP contribution in [0.15, 0.2) is 6.07 Å². The van der Waals surface area contributed by atoms with Gasteiger partial charge in [-0.1, -0.05) is 15.9 Å². The fraction of sp³-hybridized carbons (Fsp3) is 0.250. The number of pyridine rings is 1. The zero-order chi connectivity index (χ0) is 12.3. The van der Waals surface area contributed by atoms with Gasteiger partial charge in [0.2, 0.25) is 0 Å². The van der Waals surface area contributed by atoms with Gasteiger partial charge in [-0.2, -0.15) is 0 Å². The topological polar surface area (TPSA) is 39.2 Å². The lowest BCUT2D eigenvalue weighted by Crippen LogP contribution is -2.19. The predicted octanol–water partition coefficient (Wildman–Crippen LogP) is 3.29. The van der Waals surface area contributed by atoms with Crippen molar-refractivity contribution < 1.29 is 22.7 Å². The molecule has 0 fully saturated rings. The Bertz CT molecular complexity index is 411. The third kappa shape index (κ3) is 3.58. The minimum absolute atomic E-state index is 0.00558. The zero-order valence-electron chi connectivity index (χ0n) is 7.52. The van der Waals surface area contributed by atoms with Gasteiger partial charge in [-0.05, 0) is 28.7 Å². The molecule has 0 aromatic carbocycles. The lowest BCUT2D eigenvalue weighted by molar-refractivity contribution is -0.275. The molecule has 0 unspecified atom stereocenters. The van der Waals surface area contributed by atoms with Crippen LogP contribution in [0.1, 0.15) is 16.1 Å². The van der Waals surface area contributed by atoms with Crippen LogP contribution in [0.2, 0.25) is 0 Å². The number of halogens is 5. The van der Waals surface area contributed by atoms with Crippen molar-refractivity contribution in [3.63, 3.8) is 0 Å². The number of alkyl halides is 4. The van der Waals surface area contributed by atoms with E-state index in [1.807, 2.05) is 0 Å². The van der Waals surface area contributed by atoms with E-state index in [2.05, 4.69) is 25.7 Å². The van der Waals surface area contributed by atoms with E-state index < -0.39 is 6.36 Å². The molecule has 3 nitrogen and oxygen atoms in total. The van der Waals surface area contributed by atoms with Crippen LogP contribution in [0.3, 0.4) is 0 Å². The van der Waals surface area contributed by atoms with E-state index in [0.717, 1.165) is 0 Å². The number of ether oxygens (including phenoxy) is 1. The normalized spacial score (nSPS) is 11.3. The van der Waals surface area contributed by atoms with Crippen molar-refractivity contribution in [1.82, 2.24) is 4.98 Å². The summed E-state index contributed by atoms with van der Waals surface area (Å²) in [6, 6.07) is 1.24. The molecule has 0 radical (unpaired) electrons. The van der Waals surface area contributed by atoms with Crippen LogP contribution in [0.5, 0.6) is 5.75 Å². The zero-order valence-corrected chi connectivity index (χ0v) is 11.3. The van der Waals surface area contributed by atoms with Crippen LogP contribution in [-0.4, -0.2) is 17.6 Å². The summed E-state index contributed by atoms with van der Waals surface area (Å²) in [7, 11) is 0. The second kappa shape index (κ2) is 5.30. The molecule has 0 amide bonds. The van der Waals surface area contributed by atoms with E-state index >= 15 is 0 Å². The Morgan fingerprint density at radius 2 is 2.19 bits per heavy atom. The van der Waals surface area contributed by atoms with Crippen molar-refractivity contribution in [2.75, 3.05) is 0 Å². The van der Waals surface area contributed by atoms with Gasteiger partial charge >= 0.3 is 6.36 Å². The number of nitrogens with zero attached hydrogens (tertiary/aromatic N) is 1. The highest BCUT2D eigenvalue weighted by Crippen LogP contribution is 2.31. The van der Waals surface area contributed by atoms with Crippen molar-refractivity contribution in [3.05, 3.63) is 21.0 Å². The average molecular weight is 410 g/mol. The van der Waals surface area contributed by atoms with Crippen LogP contribution in [-0.2, 0) is 5.33 Å². The van der Waals surface area contributed by atoms with Crippen molar-refractivity contribution in [1.29, 1.82) is 0 Å². The standard InChI is InChI=1S/C8H4BrF3INO2/c9-2-4-1-5(3-15)14-7(13)6(4)16-8(10,11)12/h1,3H,2H2. The smallest absolute Gasteiger partial charge is 0.403 e. The second-order valence-electron chi connectivity index (χ2n) is 2.63. The van der Waals surface area contributed by atoms with Crippen LogP contribution in [0, 0.1) is 3.70 Å².